The van der Waals surface area contributed by atoms with Crippen LogP contribution in [-0.4, -0.2) is 48.0 Å². The van der Waals surface area contributed by atoms with Gasteiger partial charge in [-0.05, 0) is 43.9 Å². The Morgan fingerprint density at radius 2 is 2.00 bits per heavy atom. The highest BCUT2D eigenvalue weighted by Crippen LogP contribution is 2.35. The van der Waals surface area contributed by atoms with Gasteiger partial charge in [-0.25, -0.2) is 0 Å². The van der Waals surface area contributed by atoms with Gasteiger partial charge in [0.2, 0.25) is 0 Å². The van der Waals surface area contributed by atoms with Crippen LogP contribution in [0, 0.1) is 11.8 Å². The first-order chi connectivity index (χ1) is 10.3. The van der Waals surface area contributed by atoms with Crippen LogP contribution < -0.4 is 0 Å². The molecule has 3 nitrogen and oxygen atoms in total. The molecule has 1 N–H and O–H groups in total. The number of rotatable bonds is 4. The van der Waals surface area contributed by atoms with Crippen LogP contribution >= 0.6 is 0 Å². The van der Waals surface area contributed by atoms with Gasteiger partial charge in [0.25, 0.3) is 0 Å². The average molecular weight is 295 g/mol. The van der Waals surface area contributed by atoms with E-state index >= 15 is 0 Å². The van der Waals surface area contributed by atoms with E-state index in [-0.39, 0.29) is 6.10 Å². The number of fused-ring (bicyclic) bond motifs is 1. The van der Waals surface area contributed by atoms with Crippen LogP contribution in [0.2, 0.25) is 0 Å². The topological polar surface area (TPSA) is 32.7 Å². The summed E-state index contributed by atoms with van der Waals surface area (Å²) in [4.78, 5) is 2.66. The second kappa shape index (κ2) is 7.43. The van der Waals surface area contributed by atoms with Gasteiger partial charge in [0.1, 0.15) is 0 Å². The molecule has 5 atom stereocenters. The summed E-state index contributed by atoms with van der Waals surface area (Å²) in [6.07, 6.45) is 11.8. The van der Waals surface area contributed by atoms with Crippen molar-refractivity contribution in [2.24, 2.45) is 11.8 Å². The van der Waals surface area contributed by atoms with Crippen LogP contribution in [0.3, 0.4) is 0 Å². The van der Waals surface area contributed by atoms with Gasteiger partial charge in [0.05, 0.1) is 18.8 Å². The van der Waals surface area contributed by atoms with Crippen molar-refractivity contribution in [1.29, 1.82) is 0 Å². The van der Waals surface area contributed by atoms with Gasteiger partial charge in [-0.1, -0.05) is 32.6 Å². The normalized spacial score (nSPS) is 41.7. The van der Waals surface area contributed by atoms with Crippen LogP contribution in [0.15, 0.2) is 0 Å². The van der Waals surface area contributed by atoms with E-state index < -0.39 is 0 Å². The Kier molecular flexibility index (Phi) is 5.58. The van der Waals surface area contributed by atoms with E-state index in [0.717, 1.165) is 32.0 Å². The molecule has 3 heteroatoms. The first-order valence-electron chi connectivity index (χ1n) is 9.31. The standard InChI is InChI=1S/C18H33NO2/c1-2-5-14-8-9-17(20)15(12-14)13-19-10-11-21-18-7-4-3-6-16(18)19/h14-18,20H,2-13H2,1H3. The summed E-state index contributed by atoms with van der Waals surface area (Å²) in [6, 6.07) is 0.631. The van der Waals surface area contributed by atoms with Crippen LogP contribution in [0.25, 0.3) is 0 Å². The summed E-state index contributed by atoms with van der Waals surface area (Å²) >= 11 is 0. The highest BCUT2D eigenvalue weighted by atomic mass is 16.5. The maximum absolute atomic E-state index is 10.4. The second-order valence-electron chi connectivity index (χ2n) is 7.55. The van der Waals surface area contributed by atoms with E-state index in [1.165, 1.54) is 51.4 Å². The second-order valence-corrected chi connectivity index (χ2v) is 7.55. The van der Waals surface area contributed by atoms with Crippen molar-refractivity contribution in [3.8, 4) is 0 Å². The molecule has 5 unspecified atom stereocenters. The fourth-order valence-electron chi connectivity index (χ4n) is 4.92. The highest BCUT2D eigenvalue weighted by molar-refractivity contribution is 4.90. The van der Waals surface area contributed by atoms with E-state index in [1.54, 1.807) is 0 Å². The van der Waals surface area contributed by atoms with Crippen LogP contribution in [0.4, 0.5) is 0 Å². The predicted octanol–water partition coefficient (Wildman–Crippen LogP) is 3.21. The van der Waals surface area contributed by atoms with Crippen molar-refractivity contribution in [3.63, 3.8) is 0 Å². The van der Waals surface area contributed by atoms with E-state index in [1.807, 2.05) is 0 Å². The SMILES string of the molecule is CCCC1CCC(O)C(CN2CCOC3CCCCC32)C1. The van der Waals surface area contributed by atoms with Crippen molar-refractivity contribution in [1.82, 2.24) is 4.90 Å². The largest absolute Gasteiger partial charge is 0.393 e. The maximum atomic E-state index is 10.4. The Morgan fingerprint density at radius 3 is 2.86 bits per heavy atom. The molecule has 0 aromatic heterocycles. The predicted molar refractivity (Wildman–Crippen MR) is 85.3 cm³/mol. The lowest BCUT2D eigenvalue weighted by Crippen LogP contribution is -2.55. The van der Waals surface area contributed by atoms with Crippen LogP contribution in [0.1, 0.15) is 64.7 Å². The monoisotopic (exact) mass is 295 g/mol. The molecule has 1 aliphatic heterocycles. The fraction of sp³-hybridized carbons (Fsp3) is 1.00. The minimum Gasteiger partial charge on any atom is -0.393 e. The molecule has 1 heterocycles. The summed E-state index contributed by atoms with van der Waals surface area (Å²) < 4.78 is 5.98. The van der Waals surface area contributed by atoms with Gasteiger partial charge < -0.3 is 9.84 Å². The zero-order chi connectivity index (χ0) is 14.7. The van der Waals surface area contributed by atoms with E-state index in [0.29, 0.717) is 18.1 Å². The number of morpholine rings is 1. The minimum absolute atomic E-state index is 0.0667. The third-order valence-electron chi connectivity index (χ3n) is 6.06. The van der Waals surface area contributed by atoms with E-state index in [2.05, 4.69) is 11.8 Å². The van der Waals surface area contributed by atoms with Gasteiger partial charge in [-0.2, -0.15) is 0 Å². The molecule has 21 heavy (non-hydrogen) atoms. The Bertz CT molecular complexity index is 320. The quantitative estimate of drug-likeness (QED) is 0.864. The Hall–Kier alpha value is -0.120. The number of aliphatic hydroxyl groups excluding tert-OH is 1. The van der Waals surface area contributed by atoms with Gasteiger partial charge >= 0.3 is 0 Å². The lowest BCUT2D eigenvalue weighted by atomic mass is 9.77. The van der Waals surface area contributed by atoms with Gasteiger partial charge in [-0.15, -0.1) is 0 Å². The summed E-state index contributed by atoms with van der Waals surface area (Å²) in [5, 5.41) is 10.4. The lowest BCUT2D eigenvalue weighted by Gasteiger charge is -2.46. The molecule has 3 rings (SSSR count). The van der Waals surface area contributed by atoms with Gasteiger partial charge in [0, 0.05) is 19.1 Å². The third kappa shape index (κ3) is 3.80. The minimum atomic E-state index is -0.0667. The van der Waals surface area contributed by atoms with Crippen molar-refractivity contribution in [3.05, 3.63) is 0 Å². The molecular weight excluding hydrogens is 262 g/mol. The van der Waals surface area contributed by atoms with Crippen LogP contribution in [0.5, 0.6) is 0 Å². The number of ether oxygens (including phenoxy) is 1. The molecule has 3 fully saturated rings. The highest BCUT2D eigenvalue weighted by Gasteiger charge is 2.37. The fourth-order valence-corrected chi connectivity index (χ4v) is 4.92. The molecule has 1 saturated heterocycles. The van der Waals surface area contributed by atoms with Crippen molar-refractivity contribution >= 4 is 0 Å². The number of hydrogen-bond donors (Lipinski definition) is 1. The lowest BCUT2D eigenvalue weighted by molar-refractivity contribution is -0.101. The molecule has 0 amide bonds. The average Bonchev–Trinajstić information content (AvgIpc) is 2.51. The van der Waals surface area contributed by atoms with Gasteiger partial charge in [-0.3, -0.25) is 4.90 Å². The smallest absolute Gasteiger partial charge is 0.0730 e. The molecular formula is C18H33NO2. The molecule has 0 aromatic carbocycles. The Balaban J connectivity index is 1.58. The van der Waals surface area contributed by atoms with Crippen molar-refractivity contribution in [2.75, 3.05) is 19.7 Å². The maximum Gasteiger partial charge on any atom is 0.0730 e. The Labute approximate surface area is 130 Å². The third-order valence-corrected chi connectivity index (χ3v) is 6.06. The molecule has 0 aromatic rings. The molecule has 3 aliphatic rings. The Morgan fingerprint density at radius 1 is 1.14 bits per heavy atom. The summed E-state index contributed by atoms with van der Waals surface area (Å²) in [7, 11) is 0. The van der Waals surface area contributed by atoms with Crippen molar-refractivity contribution in [2.45, 2.75) is 83.0 Å². The zero-order valence-electron chi connectivity index (χ0n) is 13.7. The van der Waals surface area contributed by atoms with E-state index in [4.69, 9.17) is 4.74 Å². The number of aliphatic hydroxyl groups is 1. The zero-order valence-corrected chi connectivity index (χ0v) is 13.7. The molecule has 0 bridgehead atoms. The molecule has 0 spiro atoms. The van der Waals surface area contributed by atoms with Crippen LogP contribution in [-0.2, 0) is 4.74 Å². The molecule has 2 saturated carbocycles. The van der Waals surface area contributed by atoms with E-state index in [9.17, 15) is 5.11 Å². The summed E-state index contributed by atoms with van der Waals surface area (Å²) in [5.74, 6) is 1.35. The summed E-state index contributed by atoms with van der Waals surface area (Å²) in [6.45, 7) is 5.35. The molecule has 122 valence electrons. The molecule has 0 radical (unpaired) electrons. The molecule has 2 aliphatic carbocycles. The van der Waals surface area contributed by atoms with Crippen molar-refractivity contribution < 1.29 is 9.84 Å². The number of nitrogens with zero attached hydrogens (tertiary/aromatic N) is 1. The number of hydrogen-bond acceptors (Lipinski definition) is 3. The summed E-state index contributed by atoms with van der Waals surface area (Å²) in [5.41, 5.74) is 0. The first kappa shape index (κ1) is 15.8. The van der Waals surface area contributed by atoms with Gasteiger partial charge in [0.15, 0.2) is 0 Å². The first-order valence-corrected chi connectivity index (χ1v) is 9.31.